The van der Waals surface area contributed by atoms with Gasteiger partial charge >= 0.3 is 0 Å². The van der Waals surface area contributed by atoms with Gasteiger partial charge in [0.2, 0.25) is 0 Å². The van der Waals surface area contributed by atoms with Crippen molar-refractivity contribution in [1.82, 2.24) is 10.6 Å². The van der Waals surface area contributed by atoms with Gasteiger partial charge in [-0.2, -0.15) is 0 Å². The van der Waals surface area contributed by atoms with E-state index in [0.29, 0.717) is 6.04 Å². The van der Waals surface area contributed by atoms with Crippen molar-refractivity contribution in [3.63, 3.8) is 0 Å². The van der Waals surface area contributed by atoms with E-state index in [1.54, 1.807) is 0 Å². The maximum atomic E-state index is 10.8. The topological polar surface area (TPSA) is 41.1 Å². The molecule has 3 nitrogen and oxygen atoms in total. The zero-order valence-electron chi connectivity index (χ0n) is 8.63. The Morgan fingerprint density at radius 1 is 1.43 bits per heavy atom. The summed E-state index contributed by atoms with van der Waals surface area (Å²) in [6.07, 6.45) is 3.99. The van der Waals surface area contributed by atoms with E-state index in [1.807, 2.05) is 0 Å². The van der Waals surface area contributed by atoms with Crippen LogP contribution in [-0.4, -0.2) is 41.4 Å². The molecule has 0 spiro atoms. The SMILES string of the molecule is O=S1CC(NCCC2CCCNC2)C1. The summed E-state index contributed by atoms with van der Waals surface area (Å²) in [6.45, 7) is 3.50. The monoisotopic (exact) mass is 216 g/mol. The smallest absolute Gasteiger partial charge is 0.0398 e. The highest BCUT2D eigenvalue weighted by Crippen LogP contribution is 2.13. The molecule has 0 amide bonds. The van der Waals surface area contributed by atoms with Crippen LogP contribution < -0.4 is 10.6 Å². The van der Waals surface area contributed by atoms with Gasteiger partial charge < -0.3 is 10.6 Å². The molecular weight excluding hydrogens is 196 g/mol. The highest BCUT2D eigenvalue weighted by atomic mass is 32.2. The first-order chi connectivity index (χ1) is 6.84. The molecule has 2 fully saturated rings. The van der Waals surface area contributed by atoms with Crippen molar-refractivity contribution in [3.05, 3.63) is 0 Å². The molecule has 2 rings (SSSR count). The summed E-state index contributed by atoms with van der Waals surface area (Å²) in [6, 6.07) is 0.549. The summed E-state index contributed by atoms with van der Waals surface area (Å²) in [5, 5.41) is 6.91. The van der Waals surface area contributed by atoms with Crippen molar-refractivity contribution in [2.45, 2.75) is 25.3 Å². The van der Waals surface area contributed by atoms with Gasteiger partial charge in [0.05, 0.1) is 0 Å². The lowest BCUT2D eigenvalue weighted by Gasteiger charge is -2.28. The fourth-order valence-electron chi connectivity index (χ4n) is 2.18. The van der Waals surface area contributed by atoms with Gasteiger partial charge in [0, 0.05) is 28.3 Å². The first kappa shape index (κ1) is 10.6. The van der Waals surface area contributed by atoms with Crippen LogP contribution in [0.1, 0.15) is 19.3 Å². The normalized spacial score (nSPS) is 37.9. The third-order valence-corrected chi connectivity index (χ3v) is 4.71. The van der Waals surface area contributed by atoms with Crippen molar-refractivity contribution in [2.75, 3.05) is 31.1 Å². The predicted octanol–water partition coefficient (Wildman–Crippen LogP) is 0.0966. The molecule has 1 atom stereocenters. The molecule has 82 valence electrons. The lowest BCUT2D eigenvalue weighted by Crippen LogP contribution is -2.48. The molecule has 2 N–H and O–H groups in total. The highest BCUT2D eigenvalue weighted by molar-refractivity contribution is 7.86. The lowest BCUT2D eigenvalue weighted by atomic mass is 9.96. The number of rotatable bonds is 4. The quantitative estimate of drug-likeness (QED) is 0.700. The maximum absolute atomic E-state index is 10.8. The lowest BCUT2D eigenvalue weighted by molar-refractivity contribution is 0.347. The highest BCUT2D eigenvalue weighted by Gasteiger charge is 2.24. The van der Waals surface area contributed by atoms with Gasteiger partial charge in [0.1, 0.15) is 0 Å². The van der Waals surface area contributed by atoms with E-state index in [4.69, 9.17) is 0 Å². The van der Waals surface area contributed by atoms with E-state index in [-0.39, 0.29) is 0 Å². The number of nitrogens with one attached hydrogen (secondary N) is 2. The molecule has 0 aromatic heterocycles. The average Bonchev–Trinajstić information content (AvgIpc) is 2.17. The molecule has 2 heterocycles. The summed E-state index contributed by atoms with van der Waals surface area (Å²) in [7, 11) is -0.505. The fraction of sp³-hybridized carbons (Fsp3) is 1.00. The second-order valence-corrected chi connectivity index (χ2v) is 5.97. The standard InChI is InChI=1S/C10H20N2OS/c13-14-7-10(8-14)12-5-3-9-2-1-4-11-6-9/h9-12H,1-8H2. The molecule has 0 radical (unpaired) electrons. The fourth-order valence-corrected chi connectivity index (χ4v) is 3.22. The Bertz CT molecular complexity index is 196. The van der Waals surface area contributed by atoms with E-state index in [1.165, 1.54) is 32.4 Å². The van der Waals surface area contributed by atoms with Crippen molar-refractivity contribution in [1.29, 1.82) is 0 Å². The van der Waals surface area contributed by atoms with E-state index >= 15 is 0 Å². The molecule has 0 aliphatic carbocycles. The van der Waals surface area contributed by atoms with Crippen LogP contribution in [0.4, 0.5) is 0 Å². The molecule has 0 saturated carbocycles. The van der Waals surface area contributed by atoms with Crippen molar-refractivity contribution in [3.8, 4) is 0 Å². The minimum atomic E-state index is -0.505. The molecule has 14 heavy (non-hydrogen) atoms. The van der Waals surface area contributed by atoms with Gasteiger partial charge in [-0.1, -0.05) is 0 Å². The Hall–Kier alpha value is 0.0700. The van der Waals surface area contributed by atoms with Crippen LogP contribution in [0.3, 0.4) is 0 Å². The largest absolute Gasteiger partial charge is 0.316 e. The minimum Gasteiger partial charge on any atom is -0.316 e. The third-order valence-electron chi connectivity index (χ3n) is 3.16. The Balaban J connectivity index is 1.51. The van der Waals surface area contributed by atoms with Gasteiger partial charge in [-0.3, -0.25) is 4.21 Å². The third kappa shape index (κ3) is 3.04. The Labute approximate surface area is 88.5 Å². The molecule has 1 unspecified atom stereocenters. The van der Waals surface area contributed by atoms with E-state index in [9.17, 15) is 4.21 Å². The summed E-state index contributed by atoms with van der Waals surface area (Å²) >= 11 is 0. The molecule has 0 bridgehead atoms. The van der Waals surface area contributed by atoms with Crippen molar-refractivity contribution < 1.29 is 4.21 Å². The first-order valence-electron chi connectivity index (χ1n) is 5.63. The molecule has 4 heteroatoms. The van der Waals surface area contributed by atoms with Gasteiger partial charge in [-0.05, 0) is 44.8 Å². The van der Waals surface area contributed by atoms with Crippen molar-refractivity contribution >= 4 is 10.8 Å². The molecule has 2 saturated heterocycles. The van der Waals surface area contributed by atoms with Crippen LogP contribution in [-0.2, 0) is 10.8 Å². The first-order valence-corrected chi connectivity index (χ1v) is 7.12. The predicted molar refractivity (Wildman–Crippen MR) is 59.9 cm³/mol. The number of hydrogen-bond donors (Lipinski definition) is 2. The average molecular weight is 216 g/mol. The molecule has 0 aromatic carbocycles. The second kappa shape index (κ2) is 5.24. The maximum Gasteiger partial charge on any atom is 0.0398 e. The van der Waals surface area contributed by atoms with Gasteiger partial charge in [-0.15, -0.1) is 0 Å². The second-order valence-electron chi connectivity index (χ2n) is 4.43. The summed E-state index contributed by atoms with van der Waals surface area (Å²) in [5.41, 5.74) is 0. The van der Waals surface area contributed by atoms with Crippen LogP contribution in [0.2, 0.25) is 0 Å². The van der Waals surface area contributed by atoms with E-state index in [2.05, 4.69) is 10.6 Å². The number of hydrogen-bond acceptors (Lipinski definition) is 3. The molecule has 0 aromatic rings. The van der Waals surface area contributed by atoms with E-state index < -0.39 is 10.8 Å². The van der Waals surface area contributed by atoms with Crippen LogP contribution in [0.5, 0.6) is 0 Å². The van der Waals surface area contributed by atoms with Gasteiger partial charge in [0.25, 0.3) is 0 Å². The van der Waals surface area contributed by atoms with Crippen LogP contribution >= 0.6 is 0 Å². The van der Waals surface area contributed by atoms with Crippen LogP contribution in [0.15, 0.2) is 0 Å². The molecule has 2 aliphatic rings. The zero-order chi connectivity index (χ0) is 9.80. The Morgan fingerprint density at radius 2 is 2.29 bits per heavy atom. The minimum absolute atomic E-state index is 0.505. The van der Waals surface area contributed by atoms with E-state index in [0.717, 1.165) is 24.0 Å². The Kier molecular flexibility index (Phi) is 3.96. The van der Waals surface area contributed by atoms with Gasteiger partial charge in [0.15, 0.2) is 0 Å². The van der Waals surface area contributed by atoms with Crippen molar-refractivity contribution in [2.24, 2.45) is 5.92 Å². The summed E-state index contributed by atoms with van der Waals surface area (Å²) < 4.78 is 10.8. The molecule has 2 aliphatic heterocycles. The summed E-state index contributed by atoms with van der Waals surface area (Å²) in [4.78, 5) is 0. The number of piperidine rings is 1. The van der Waals surface area contributed by atoms with Crippen LogP contribution in [0, 0.1) is 5.92 Å². The summed E-state index contributed by atoms with van der Waals surface area (Å²) in [5.74, 6) is 2.62. The van der Waals surface area contributed by atoms with Gasteiger partial charge in [-0.25, -0.2) is 0 Å². The zero-order valence-corrected chi connectivity index (χ0v) is 9.44. The van der Waals surface area contributed by atoms with Crippen LogP contribution in [0.25, 0.3) is 0 Å². The Morgan fingerprint density at radius 3 is 2.93 bits per heavy atom. The molecular formula is C10H20N2OS.